The zero-order valence-corrected chi connectivity index (χ0v) is 18.7. The van der Waals surface area contributed by atoms with Gasteiger partial charge in [-0.05, 0) is 35.7 Å². The Morgan fingerprint density at radius 3 is 2.11 bits per heavy atom. The molecule has 6 rings (SSSR count). The van der Waals surface area contributed by atoms with Gasteiger partial charge in [-0.2, -0.15) is 0 Å². The van der Waals surface area contributed by atoms with Crippen molar-refractivity contribution >= 4 is 29.1 Å². The number of nitrogens with zero attached hydrogens (tertiary/aromatic N) is 1. The Morgan fingerprint density at radius 2 is 1.51 bits per heavy atom. The Balaban J connectivity index is 1.53. The molecule has 2 heterocycles. The van der Waals surface area contributed by atoms with E-state index in [0.717, 1.165) is 23.0 Å². The van der Waals surface area contributed by atoms with E-state index in [1.807, 2.05) is 19.1 Å². The van der Waals surface area contributed by atoms with Crippen molar-refractivity contribution in [2.45, 2.75) is 25.0 Å². The van der Waals surface area contributed by atoms with Gasteiger partial charge in [0.25, 0.3) is 0 Å². The first-order valence-corrected chi connectivity index (χ1v) is 11.5. The fourth-order valence-electron chi connectivity index (χ4n) is 5.63. The average molecular weight is 469 g/mol. The SMILES string of the molecule is CCc1ccc([C@@H]2OC3(C(=O)c4ccccc4C3=O)[C@@H]3C(=O)N(c4cccc(F)c4)C(=O)[C@@H]32)cc1. The summed E-state index contributed by atoms with van der Waals surface area (Å²) >= 11 is 0. The van der Waals surface area contributed by atoms with Gasteiger partial charge in [-0.15, -0.1) is 0 Å². The number of rotatable bonds is 3. The van der Waals surface area contributed by atoms with Crippen molar-refractivity contribution in [1.82, 2.24) is 0 Å². The fraction of sp³-hybridized carbons (Fsp3) is 0.214. The molecule has 6 nitrogen and oxygen atoms in total. The van der Waals surface area contributed by atoms with Crippen LogP contribution in [-0.2, 0) is 20.7 Å². The van der Waals surface area contributed by atoms with Crippen LogP contribution in [0.1, 0.15) is 44.9 Å². The van der Waals surface area contributed by atoms with E-state index < -0.39 is 52.7 Å². The summed E-state index contributed by atoms with van der Waals surface area (Å²) in [4.78, 5) is 55.8. The molecule has 1 aliphatic carbocycles. The molecule has 2 saturated heterocycles. The van der Waals surface area contributed by atoms with Gasteiger partial charge in [-0.1, -0.05) is 61.5 Å². The van der Waals surface area contributed by atoms with Crippen molar-refractivity contribution in [3.05, 3.63) is 101 Å². The molecule has 0 saturated carbocycles. The molecule has 3 atom stereocenters. The first-order chi connectivity index (χ1) is 16.9. The third-order valence-electron chi connectivity index (χ3n) is 7.30. The number of carbonyl (C=O) groups excluding carboxylic acids is 4. The van der Waals surface area contributed by atoms with E-state index in [2.05, 4.69) is 0 Å². The molecule has 0 N–H and O–H groups in total. The molecular weight excluding hydrogens is 449 g/mol. The van der Waals surface area contributed by atoms with Crippen LogP contribution in [0.5, 0.6) is 0 Å². The van der Waals surface area contributed by atoms with Crippen LogP contribution < -0.4 is 4.90 Å². The zero-order chi connectivity index (χ0) is 24.5. The Labute approximate surface area is 200 Å². The second-order valence-corrected chi connectivity index (χ2v) is 9.07. The highest BCUT2D eigenvalue weighted by molar-refractivity contribution is 6.37. The fourth-order valence-corrected chi connectivity index (χ4v) is 5.63. The number of fused-ring (bicyclic) bond motifs is 3. The molecular formula is C28H20FNO5. The normalized spacial score (nSPS) is 24.4. The van der Waals surface area contributed by atoms with E-state index >= 15 is 0 Å². The first kappa shape index (κ1) is 21.6. The van der Waals surface area contributed by atoms with Crippen LogP contribution in [-0.4, -0.2) is 29.0 Å². The molecule has 3 aromatic rings. The quantitative estimate of drug-likeness (QED) is 0.427. The van der Waals surface area contributed by atoms with Gasteiger partial charge >= 0.3 is 0 Å². The minimum atomic E-state index is -2.14. The molecule has 2 fully saturated rings. The molecule has 3 aromatic carbocycles. The summed E-state index contributed by atoms with van der Waals surface area (Å²) in [6.45, 7) is 2.01. The number of carbonyl (C=O) groups is 4. The molecule has 1 spiro atoms. The van der Waals surface area contributed by atoms with Crippen LogP contribution in [0, 0.1) is 17.7 Å². The van der Waals surface area contributed by atoms with Gasteiger partial charge in [0.1, 0.15) is 5.82 Å². The van der Waals surface area contributed by atoms with Gasteiger partial charge in [-0.25, -0.2) is 9.29 Å². The standard InChI is InChI=1S/C28H20FNO5/c1-2-15-10-12-16(13-11-15)23-21-22(27(34)30(26(21)33)18-7-5-6-17(29)14-18)28(35-23)24(31)19-8-3-4-9-20(19)25(28)32/h3-14,21-23H,2H2,1H3/t21-,22-,23-/m0/s1. The van der Waals surface area contributed by atoms with Crippen molar-refractivity contribution in [3.8, 4) is 0 Å². The summed E-state index contributed by atoms with van der Waals surface area (Å²) in [5.41, 5.74) is -0.0935. The second kappa shape index (κ2) is 7.52. The van der Waals surface area contributed by atoms with E-state index in [1.54, 1.807) is 24.3 Å². The smallest absolute Gasteiger partial charge is 0.241 e. The van der Waals surface area contributed by atoms with Crippen molar-refractivity contribution < 1.29 is 28.3 Å². The number of anilines is 1. The number of benzene rings is 3. The predicted octanol–water partition coefficient (Wildman–Crippen LogP) is 4.08. The number of hydrogen-bond donors (Lipinski definition) is 0. The Kier molecular flexibility index (Phi) is 4.63. The van der Waals surface area contributed by atoms with E-state index in [1.165, 1.54) is 30.3 Å². The molecule has 2 aliphatic heterocycles. The zero-order valence-electron chi connectivity index (χ0n) is 18.7. The third kappa shape index (κ3) is 2.79. The summed E-state index contributed by atoms with van der Waals surface area (Å²) in [5.74, 6) is -5.69. The van der Waals surface area contributed by atoms with Gasteiger partial charge in [0.05, 0.1) is 23.6 Å². The number of aryl methyl sites for hydroxylation is 1. The number of ketones is 2. The van der Waals surface area contributed by atoms with Gasteiger partial charge in [-0.3, -0.25) is 19.2 Å². The van der Waals surface area contributed by atoms with Crippen LogP contribution in [0.2, 0.25) is 0 Å². The average Bonchev–Trinajstić information content (AvgIpc) is 3.44. The van der Waals surface area contributed by atoms with E-state index in [-0.39, 0.29) is 16.8 Å². The Hall–Kier alpha value is -3.97. The van der Waals surface area contributed by atoms with Crippen molar-refractivity contribution in [1.29, 1.82) is 0 Å². The maximum Gasteiger partial charge on any atom is 0.241 e. The lowest BCUT2D eigenvalue weighted by atomic mass is 9.77. The summed E-state index contributed by atoms with van der Waals surface area (Å²) in [6, 6.07) is 18.8. The van der Waals surface area contributed by atoms with Crippen LogP contribution in [0.4, 0.5) is 10.1 Å². The highest BCUT2D eigenvalue weighted by Gasteiger charge is 2.74. The molecule has 0 radical (unpaired) electrons. The van der Waals surface area contributed by atoms with Crippen LogP contribution >= 0.6 is 0 Å². The van der Waals surface area contributed by atoms with Gasteiger partial charge in [0.15, 0.2) is 0 Å². The number of imide groups is 1. The van der Waals surface area contributed by atoms with Gasteiger partial charge in [0, 0.05) is 11.1 Å². The van der Waals surface area contributed by atoms with Crippen LogP contribution in [0.15, 0.2) is 72.8 Å². The third-order valence-corrected chi connectivity index (χ3v) is 7.30. The predicted molar refractivity (Wildman–Crippen MR) is 123 cm³/mol. The van der Waals surface area contributed by atoms with E-state index in [9.17, 15) is 23.6 Å². The maximum absolute atomic E-state index is 14.0. The summed E-state index contributed by atoms with van der Waals surface area (Å²) < 4.78 is 20.2. The highest BCUT2D eigenvalue weighted by atomic mass is 19.1. The lowest BCUT2D eigenvalue weighted by Crippen LogP contribution is -2.51. The highest BCUT2D eigenvalue weighted by Crippen LogP contribution is 2.57. The van der Waals surface area contributed by atoms with Crippen molar-refractivity contribution in [3.63, 3.8) is 0 Å². The number of hydrogen-bond acceptors (Lipinski definition) is 5. The molecule has 3 aliphatic rings. The lowest BCUT2D eigenvalue weighted by molar-refractivity contribution is -0.127. The minimum Gasteiger partial charge on any atom is -0.349 e. The number of ether oxygens (including phenoxy) is 1. The molecule has 2 amide bonds. The first-order valence-electron chi connectivity index (χ1n) is 11.5. The monoisotopic (exact) mass is 469 g/mol. The van der Waals surface area contributed by atoms with Gasteiger partial charge in [0.2, 0.25) is 29.0 Å². The number of amides is 2. The molecule has 174 valence electrons. The van der Waals surface area contributed by atoms with Crippen LogP contribution in [0.3, 0.4) is 0 Å². The lowest BCUT2D eigenvalue weighted by Gasteiger charge is -2.27. The second-order valence-electron chi connectivity index (χ2n) is 9.07. The number of halogens is 1. The molecule has 0 unspecified atom stereocenters. The largest absolute Gasteiger partial charge is 0.349 e. The Bertz CT molecular complexity index is 1390. The minimum absolute atomic E-state index is 0.0556. The van der Waals surface area contributed by atoms with Gasteiger partial charge < -0.3 is 4.74 Å². The molecule has 0 bridgehead atoms. The maximum atomic E-state index is 14.0. The molecule has 0 aromatic heterocycles. The summed E-state index contributed by atoms with van der Waals surface area (Å²) in [7, 11) is 0. The Morgan fingerprint density at radius 1 is 0.857 bits per heavy atom. The van der Waals surface area contributed by atoms with Crippen molar-refractivity contribution in [2.24, 2.45) is 11.8 Å². The summed E-state index contributed by atoms with van der Waals surface area (Å²) in [5, 5.41) is 0. The topological polar surface area (TPSA) is 80.8 Å². The van der Waals surface area contributed by atoms with Crippen molar-refractivity contribution in [2.75, 3.05) is 4.90 Å². The van der Waals surface area contributed by atoms with Crippen LogP contribution in [0.25, 0.3) is 0 Å². The molecule has 35 heavy (non-hydrogen) atoms. The summed E-state index contributed by atoms with van der Waals surface area (Å²) in [6.07, 6.45) is -0.193. The van der Waals surface area contributed by atoms with E-state index in [4.69, 9.17) is 4.74 Å². The molecule has 7 heteroatoms. The number of Topliss-reactive ketones (excluding diaryl/α,β-unsaturated/α-hetero) is 2. The van der Waals surface area contributed by atoms with E-state index in [0.29, 0.717) is 5.56 Å².